The summed E-state index contributed by atoms with van der Waals surface area (Å²) in [7, 11) is 0. The Morgan fingerprint density at radius 1 is 0.905 bits per heavy atom. The van der Waals surface area contributed by atoms with E-state index in [2.05, 4.69) is 19.6 Å². The van der Waals surface area contributed by atoms with Crippen LogP contribution in [-0.4, -0.2) is 13.2 Å². The average molecular weight is 293 g/mol. The van der Waals surface area contributed by atoms with Crippen LogP contribution in [0.1, 0.15) is 77.6 Å². The summed E-state index contributed by atoms with van der Waals surface area (Å²) in [6.07, 6.45) is 17.6. The van der Waals surface area contributed by atoms with Crippen molar-refractivity contribution in [2.24, 2.45) is 23.7 Å². The summed E-state index contributed by atoms with van der Waals surface area (Å²) in [5.41, 5.74) is 0. The fourth-order valence-electron chi connectivity index (χ4n) is 4.52. The second-order valence-electron chi connectivity index (χ2n) is 7.50. The van der Waals surface area contributed by atoms with E-state index in [1.807, 2.05) is 0 Å². The molecule has 2 aliphatic rings. The van der Waals surface area contributed by atoms with E-state index in [4.69, 9.17) is 4.74 Å². The highest BCUT2D eigenvalue weighted by Crippen LogP contribution is 2.42. The van der Waals surface area contributed by atoms with Crippen molar-refractivity contribution in [1.29, 1.82) is 0 Å². The van der Waals surface area contributed by atoms with Crippen LogP contribution in [0.3, 0.4) is 0 Å². The van der Waals surface area contributed by atoms with Crippen LogP contribution in [-0.2, 0) is 4.74 Å². The highest BCUT2D eigenvalue weighted by molar-refractivity contribution is 4.82. The molecule has 21 heavy (non-hydrogen) atoms. The second kappa shape index (κ2) is 9.66. The van der Waals surface area contributed by atoms with Gasteiger partial charge < -0.3 is 4.74 Å². The summed E-state index contributed by atoms with van der Waals surface area (Å²) in [6.45, 7) is 8.03. The highest BCUT2D eigenvalue weighted by Gasteiger charge is 2.30. The molecule has 0 bridgehead atoms. The molecule has 1 nitrogen and oxygen atoms in total. The van der Waals surface area contributed by atoms with Crippen LogP contribution in [0.25, 0.3) is 0 Å². The van der Waals surface area contributed by atoms with Gasteiger partial charge in [-0.1, -0.05) is 25.8 Å². The number of allylic oxidation sites excluding steroid dienone is 1. The SMILES string of the molecule is C=CCCC1CCC(C2CCC(COCCC)CC2)CC1. The molecule has 2 rings (SSSR count). The molecule has 0 radical (unpaired) electrons. The summed E-state index contributed by atoms with van der Waals surface area (Å²) in [5, 5.41) is 0. The molecule has 122 valence electrons. The third-order valence-corrected chi connectivity index (χ3v) is 5.93. The number of ether oxygens (including phenoxy) is 1. The fourth-order valence-corrected chi connectivity index (χ4v) is 4.52. The standard InChI is InChI=1S/C20H36O/c1-3-5-6-17-7-11-19(12-8-17)20-13-9-18(10-14-20)16-21-15-4-2/h3,17-20H,1,4-16H2,2H3. The predicted molar refractivity (Wildman–Crippen MR) is 91.4 cm³/mol. The lowest BCUT2D eigenvalue weighted by Gasteiger charge is -2.37. The van der Waals surface area contributed by atoms with Gasteiger partial charge in [0.2, 0.25) is 0 Å². The maximum absolute atomic E-state index is 5.75. The molecule has 0 amide bonds. The molecule has 2 saturated carbocycles. The molecule has 0 aromatic heterocycles. The van der Waals surface area contributed by atoms with Crippen molar-refractivity contribution in [3.8, 4) is 0 Å². The summed E-state index contributed by atoms with van der Waals surface area (Å²) < 4.78 is 5.75. The largest absolute Gasteiger partial charge is 0.381 e. The van der Waals surface area contributed by atoms with Gasteiger partial charge in [0.15, 0.2) is 0 Å². The summed E-state index contributed by atoms with van der Waals surface area (Å²) >= 11 is 0. The number of hydrogen-bond acceptors (Lipinski definition) is 1. The molecule has 0 saturated heterocycles. The van der Waals surface area contributed by atoms with Crippen LogP contribution in [0.2, 0.25) is 0 Å². The molecule has 2 fully saturated rings. The quantitative estimate of drug-likeness (QED) is 0.394. The van der Waals surface area contributed by atoms with E-state index in [1.54, 1.807) is 0 Å². The molecule has 2 aliphatic carbocycles. The first-order chi connectivity index (χ1) is 10.3. The van der Waals surface area contributed by atoms with Crippen LogP contribution >= 0.6 is 0 Å². The minimum Gasteiger partial charge on any atom is -0.381 e. The molecular weight excluding hydrogens is 256 g/mol. The summed E-state index contributed by atoms with van der Waals surface area (Å²) in [5.74, 6) is 3.94. The molecule has 0 aromatic rings. The zero-order valence-corrected chi connectivity index (χ0v) is 14.2. The Kier molecular flexibility index (Phi) is 7.85. The van der Waals surface area contributed by atoms with E-state index in [9.17, 15) is 0 Å². The van der Waals surface area contributed by atoms with Crippen LogP contribution in [0.15, 0.2) is 12.7 Å². The Bertz CT molecular complexity index is 270. The smallest absolute Gasteiger partial charge is 0.0494 e. The van der Waals surface area contributed by atoms with Gasteiger partial charge in [-0.05, 0) is 81.5 Å². The molecular formula is C20H36O. The Morgan fingerprint density at radius 3 is 2.00 bits per heavy atom. The zero-order chi connectivity index (χ0) is 14.9. The van der Waals surface area contributed by atoms with E-state index in [1.165, 1.54) is 64.2 Å². The topological polar surface area (TPSA) is 9.23 Å². The van der Waals surface area contributed by atoms with Crippen molar-refractivity contribution in [3.05, 3.63) is 12.7 Å². The van der Waals surface area contributed by atoms with Crippen molar-refractivity contribution in [2.75, 3.05) is 13.2 Å². The molecule has 0 aromatic carbocycles. The van der Waals surface area contributed by atoms with Crippen LogP contribution in [0.5, 0.6) is 0 Å². The molecule has 0 aliphatic heterocycles. The van der Waals surface area contributed by atoms with Gasteiger partial charge >= 0.3 is 0 Å². The van der Waals surface area contributed by atoms with Gasteiger partial charge in [-0.25, -0.2) is 0 Å². The summed E-state index contributed by atoms with van der Waals surface area (Å²) in [6, 6.07) is 0. The molecule has 0 N–H and O–H groups in total. The Balaban J connectivity index is 1.61. The molecule has 0 heterocycles. The van der Waals surface area contributed by atoms with Gasteiger partial charge in [-0.15, -0.1) is 6.58 Å². The van der Waals surface area contributed by atoms with Gasteiger partial charge in [-0.3, -0.25) is 0 Å². The minimum atomic E-state index is 0.858. The maximum Gasteiger partial charge on any atom is 0.0494 e. The van der Waals surface area contributed by atoms with Gasteiger partial charge in [0.05, 0.1) is 0 Å². The highest BCUT2D eigenvalue weighted by atomic mass is 16.5. The Hall–Kier alpha value is -0.300. The normalized spacial score (nSPS) is 33.8. The van der Waals surface area contributed by atoms with Crippen molar-refractivity contribution < 1.29 is 4.74 Å². The minimum absolute atomic E-state index is 0.858. The molecule has 1 heteroatoms. The maximum atomic E-state index is 5.75. The lowest BCUT2D eigenvalue weighted by molar-refractivity contribution is 0.0649. The average Bonchev–Trinajstić information content (AvgIpc) is 2.54. The predicted octanol–water partition coefficient (Wildman–Crippen LogP) is 5.99. The van der Waals surface area contributed by atoms with Gasteiger partial charge in [0, 0.05) is 13.2 Å². The van der Waals surface area contributed by atoms with E-state index in [0.717, 1.165) is 43.3 Å². The van der Waals surface area contributed by atoms with Gasteiger partial charge in [-0.2, -0.15) is 0 Å². The number of rotatable bonds is 8. The van der Waals surface area contributed by atoms with E-state index in [0.29, 0.717) is 0 Å². The monoisotopic (exact) mass is 292 g/mol. The van der Waals surface area contributed by atoms with Crippen molar-refractivity contribution >= 4 is 0 Å². The molecule has 0 spiro atoms. The van der Waals surface area contributed by atoms with Crippen molar-refractivity contribution in [2.45, 2.75) is 77.6 Å². The molecule has 0 atom stereocenters. The van der Waals surface area contributed by atoms with Crippen LogP contribution in [0, 0.1) is 23.7 Å². The first-order valence-corrected chi connectivity index (χ1v) is 9.52. The van der Waals surface area contributed by atoms with E-state index in [-0.39, 0.29) is 0 Å². The van der Waals surface area contributed by atoms with E-state index >= 15 is 0 Å². The van der Waals surface area contributed by atoms with Crippen LogP contribution < -0.4 is 0 Å². The Morgan fingerprint density at radius 2 is 1.48 bits per heavy atom. The third-order valence-electron chi connectivity index (χ3n) is 5.93. The van der Waals surface area contributed by atoms with Gasteiger partial charge in [0.1, 0.15) is 0 Å². The first-order valence-electron chi connectivity index (χ1n) is 9.52. The third kappa shape index (κ3) is 5.77. The Labute approximate surface area is 132 Å². The number of hydrogen-bond donors (Lipinski definition) is 0. The van der Waals surface area contributed by atoms with E-state index < -0.39 is 0 Å². The van der Waals surface area contributed by atoms with Crippen molar-refractivity contribution in [3.63, 3.8) is 0 Å². The van der Waals surface area contributed by atoms with Crippen LogP contribution in [0.4, 0.5) is 0 Å². The lowest BCUT2D eigenvalue weighted by Crippen LogP contribution is -2.27. The molecule has 0 unspecified atom stereocenters. The first kappa shape index (κ1) is 17.1. The zero-order valence-electron chi connectivity index (χ0n) is 14.2. The summed E-state index contributed by atoms with van der Waals surface area (Å²) in [4.78, 5) is 0. The second-order valence-corrected chi connectivity index (χ2v) is 7.50. The lowest BCUT2D eigenvalue weighted by atomic mass is 9.69. The van der Waals surface area contributed by atoms with Crippen molar-refractivity contribution in [1.82, 2.24) is 0 Å². The fraction of sp³-hybridized carbons (Fsp3) is 0.900. The van der Waals surface area contributed by atoms with Gasteiger partial charge in [0.25, 0.3) is 0 Å².